The van der Waals surface area contributed by atoms with Crippen LogP contribution in [0.4, 0.5) is 0 Å². The summed E-state index contributed by atoms with van der Waals surface area (Å²) in [6.45, 7) is 3.64. The molecule has 3 atom stereocenters. The predicted octanol–water partition coefficient (Wildman–Crippen LogP) is 2.56. The van der Waals surface area contributed by atoms with Gasteiger partial charge in [-0.05, 0) is 31.2 Å². The van der Waals surface area contributed by atoms with Crippen molar-refractivity contribution in [2.45, 2.75) is 51.5 Å². The topological polar surface area (TPSA) is 12.0 Å². The molecule has 1 heteroatoms. The minimum atomic E-state index is 0.887. The fourth-order valence-electron chi connectivity index (χ4n) is 3.06. The van der Waals surface area contributed by atoms with Gasteiger partial charge in [0.2, 0.25) is 0 Å². The van der Waals surface area contributed by atoms with Gasteiger partial charge in [0.05, 0.1) is 0 Å². The zero-order chi connectivity index (χ0) is 8.39. The van der Waals surface area contributed by atoms with E-state index in [9.17, 15) is 0 Å². The Morgan fingerprint density at radius 2 is 2.00 bits per heavy atom. The van der Waals surface area contributed by atoms with Crippen molar-refractivity contribution < 1.29 is 0 Å². The molecule has 2 unspecified atom stereocenters. The first-order valence-electron chi connectivity index (χ1n) is 5.65. The summed E-state index contributed by atoms with van der Waals surface area (Å²) in [5, 5.41) is 3.70. The van der Waals surface area contributed by atoms with Gasteiger partial charge in [-0.3, -0.25) is 0 Å². The van der Waals surface area contributed by atoms with Gasteiger partial charge < -0.3 is 5.32 Å². The molecule has 2 rings (SSSR count). The van der Waals surface area contributed by atoms with Crippen molar-refractivity contribution in [2.75, 3.05) is 6.54 Å². The molecule has 0 aromatic heterocycles. The lowest BCUT2D eigenvalue weighted by Gasteiger charge is -2.20. The van der Waals surface area contributed by atoms with Crippen LogP contribution < -0.4 is 5.32 Å². The first-order valence-corrected chi connectivity index (χ1v) is 5.65. The van der Waals surface area contributed by atoms with E-state index >= 15 is 0 Å². The van der Waals surface area contributed by atoms with Gasteiger partial charge in [-0.25, -0.2) is 0 Å². The van der Waals surface area contributed by atoms with Gasteiger partial charge >= 0.3 is 0 Å². The highest BCUT2D eigenvalue weighted by Gasteiger charge is 2.34. The summed E-state index contributed by atoms with van der Waals surface area (Å²) in [6.07, 6.45) is 8.75. The third-order valence-corrected chi connectivity index (χ3v) is 3.84. The zero-order valence-corrected chi connectivity index (χ0v) is 8.18. The van der Waals surface area contributed by atoms with Gasteiger partial charge in [0.15, 0.2) is 0 Å². The van der Waals surface area contributed by atoms with Crippen molar-refractivity contribution in [3.05, 3.63) is 0 Å². The van der Waals surface area contributed by atoms with Crippen LogP contribution in [0.1, 0.15) is 45.4 Å². The number of hydrogen-bond acceptors (Lipinski definition) is 1. The van der Waals surface area contributed by atoms with Gasteiger partial charge in [-0.15, -0.1) is 0 Å². The Balaban J connectivity index is 1.99. The summed E-state index contributed by atoms with van der Waals surface area (Å²) < 4.78 is 0. The fraction of sp³-hybridized carbons (Fsp3) is 1.00. The molecule has 0 radical (unpaired) electrons. The summed E-state index contributed by atoms with van der Waals surface area (Å²) in [7, 11) is 0. The van der Waals surface area contributed by atoms with Crippen molar-refractivity contribution in [3.8, 4) is 0 Å². The highest BCUT2D eigenvalue weighted by molar-refractivity contribution is 4.90. The SMILES string of the molecule is CC[C@H]1CNC2CCCCCC21. The van der Waals surface area contributed by atoms with Gasteiger partial charge in [-0.2, -0.15) is 0 Å². The summed E-state index contributed by atoms with van der Waals surface area (Å²) in [5.74, 6) is 2.02. The summed E-state index contributed by atoms with van der Waals surface area (Å²) in [4.78, 5) is 0. The average molecular weight is 167 g/mol. The lowest BCUT2D eigenvalue weighted by molar-refractivity contribution is 0.336. The lowest BCUT2D eigenvalue weighted by Crippen LogP contribution is -2.25. The quantitative estimate of drug-likeness (QED) is 0.633. The van der Waals surface area contributed by atoms with Gasteiger partial charge in [-0.1, -0.05) is 32.6 Å². The monoisotopic (exact) mass is 167 g/mol. The summed E-state index contributed by atoms with van der Waals surface area (Å²) in [6, 6.07) is 0.887. The van der Waals surface area contributed by atoms with E-state index in [1.165, 1.54) is 45.1 Å². The fourth-order valence-corrected chi connectivity index (χ4v) is 3.06. The molecule has 2 aliphatic rings. The maximum absolute atomic E-state index is 3.70. The Bertz CT molecular complexity index is 144. The molecule has 1 saturated carbocycles. The normalized spacial score (nSPS) is 42.2. The maximum Gasteiger partial charge on any atom is 0.00985 e. The van der Waals surface area contributed by atoms with Crippen LogP contribution in [0, 0.1) is 11.8 Å². The predicted molar refractivity (Wildman–Crippen MR) is 52.1 cm³/mol. The van der Waals surface area contributed by atoms with E-state index in [-0.39, 0.29) is 0 Å². The van der Waals surface area contributed by atoms with Crippen LogP contribution in [0.25, 0.3) is 0 Å². The molecule has 1 N–H and O–H groups in total. The Morgan fingerprint density at radius 3 is 2.83 bits per heavy atom. The first kappa shape index (κ1) is 8.55. The molecule has 0 spiro atoms. The minimum absolute atomic E-state index is 0.887. The highest BCUT2D eigenvalue weighted by Crippen LogP contribution is 2.34. The molecular formula is C11H21N. The summed E-state index contributed by atoms with van der Waals surface area (Å²) in [5.41, 5.74) is 0. The Hall–Kier alpha value is -0.0400. The molecule has 0 amide bonds. The second-order valence-electron chi connectivity index (χ2n) is 4.48. The van der Waals surface area contributed by atoms with E-state index in [0.717, 1.165) is 17.9 Å². The number of nitrogens with one attached hydrogen (secondary N) is 1. The van der Waals surface area contributed by atoms with E-state index in [1.807, 2.05) is 0 Å². The molecule has 70 valence electrons. The Labute approximate surface area is 75.9 Å². The van der Waals surface area contributed by atoms with Gasteiger partial charge in [0.25, 0.3) is 0 Å². The standard InChI is InChI=1S/C11H21N/c1-2-9-8-12-11-7-5-3-4-6-10(9)11/h9-12H,2-8H2,1H3/t9-,10?,11?/m0/s1. The van der Waals surface area contributed by atoms with Gasteiger partial charge in [0.1, 0.15) is 0 Å². The average Bonchev–Trinajstić information content (AvgIpc) is 2.33. The summed E-state index contributed by atoms with van der Waals surface area (Å²) >= 11 is 0. The third kappa shape index (κ3) is 1.52. The molecular weight excluding hydrogens is 146 g/mol. The van der Waals surface area contributed by atoms with E-state index in [0.29, 0.717) is 0 Å². The second-order valence-corrected chi connectivity index (χ2v) is 4.48. The molecule has 1 aliphatic carbocycles. The van der Waals surface area contributed by atoms with Crippen molar-refractivity contribution in [1.82, 2.24) is 5.32 Å². The molecule has 1 nitrogen and oxygen atoms in total. The van der Waals surface area contributed by atoms with E-state index in [4.69, 9.17) is 0 Å². The maximum atomic E-state index is 3.70. The van der Waals surface area contributed by atoms with E-state index < -0.39 is 0 Å². The zero-order valence-electron chi connectivity index (χ0n) is 8.18. The second kappa shape index (κ2) is 3.78. The molecule has 12 heavy (non-hydrogen) atoms. The first-order chi connectivity index (χ1) is 5.92. The highest BCUT2D eigenvalue weighted by atomic mass is 15.0. The van der Waals surface area contributed by atoms with Crippen molar-refractivity contribution >= 4 is 0 Å². The van der Waals surface area contributed by atoms with Crippen molar-refractivity contribution in [1.29, 1.82) is 0 Å². The van der Waals surface area contributed by atoms with Crippen molar-refractivity contribution in [2.24, 2.45) is 11.8 Å². The van der Waals surface area contributed by atoms with Crippen LogP contribution in [0.5, 0.6) is 0 Å². The van der Waals surface area contributed by atoms with Crippen molar-refractivity contribution in [3.63, 3.8) is 0 Å². The molecule has 0 aromatic carbocycles. The Morgan fingerprint density at radius 1 is 1.17 bits per heavy atom. The lowest BCUT2D eigenvalue weighted by atomic mass is 9.85. The van der Waals surface area contributed by atoms with Crippen LogP contribution in [0.3, 0.4) is 0 Å². The smallest absolute Gasteiger partial charge is 0.00985 e. The number of fused-ring (bicyclic) bond motifs is 1. The van der Waals surface area contributed by atoms with E-state index in [2.05, 4.69) is 12.2 Å². The molecule has 2 fully saturated rings. The van der Waals surface area contributed by atoms with Gasteiger partial charge in [0, 0.05) is 6.04 Å². The molecule has 1 heterocycles. The molecule has 0 bridgehead atoms. The molecule has 1 aliphatic heterocycles. The van der Waals surface area contributed by atoms with Crippen LogP contribution in [-0.4, -0.2) is 12.6 Å². The molecule has 1 saturated heterocycles. The molecule has 0 aromatic rings. The van der Waals surface area contributed by atoms with Crippen LogP contribution >= 0.6 is 0 Å². The minimum Gasteiger partial charge on any atom is -0.313 e. The Kier molecular flexibility index (Phi) is 2.69. The van der Waals surface area contributed by atoms with E-state index in [1.54, 1.807) is 0 Å². The third-order valence-electron chi connectivity index (χ3n) is 3.84. The van der Waals surface area contributed by atoms with Crippen LogP contribution in [0.15, 0.2) is 0 Å². The van der Waals surface area contributed by atoms with Crippen LogP contribution in [-0.2, 0) is 0 Å². The number of hydrogen-bond donors (Lipinski definition) is 1. The number of rotatable bonds is 1. The van der Waals surface area contributed by atoms with Crippen LogP contribution in [0.2, 0.25) is 0 Å². The largest absolute Gasteiger partial charge is 0.313 e.